The number of aliphatic hydroxyl groups excluding tert-OH is 1. The fourth-order valence-electron chi connectivity index (χ4n) is 2.08. The molecule has 98 valence electrons. The molecule has 1 unspecified atom stereocenters. The number of aliphatic hydroxyl groups is 1. The maximum atomic E-state index is 12.1. The molecule has 0 spiro atoms. The van der Waals surface area contributed by atoms with Crippen LogP contribution in [-0.2, 0) is 4.79 Å². The Kier molecular flexibility index (Phi) is 3.93. The second-order valence-corrected chi connectivity index (χ2v) is 4.71. The molecule has 1 atom stereocenters. The predicted molar refractivity (Wildman–Crippen MR) is 69.4 cm³/mol. The maximum Gasteiger partial charge on any atom is 0.241 e. The standard InChI is InChI=1S/C13H19N3O2/c1-10-3-4-12(7-14-10)16-6-5-15(8-13(16)18)11(2)9-17/h3-4,7,11,17H,5-6,8-9H2,1-2H3. The van der Waals surface area contributed by atoms with Crippen LogP contribution in [0.25, 0.3) is 0 Å². The minimum absolute atomic E-state index is 0.0345. The average molecular weight is 249 g/mol. The molecular formula is C13H19N3O2. The smallest absolute Gasteiger partial charge is 0.241 e. The van der Waals surface area contributed by atoms with Gasteiger partial charge in [0.1, 0.15) is 0 Å². The van der Waals surface area contributed by atoms with E-state index in [1.54, 1.807) is 11.1 Å². The molecule has 0 saturated carbocycles. The van der Waals surface area contributed by atoms with E-state index in [9.17, 15) is 4.79 Å². The van der Waals surface area contributed by atoms with Crippen molar-refractivity contribution in [3.63, 3.8) is 0 Å². The number of hydrogen-bond acceptors (Lipinski definition) is 4. The summed E-state index contributed by atoms with van der Waals surface area (Å²) in [6.07, 6.45) is 1.73. The molecule has 5 nitrogen and oxygen atoms in total. The maximum absolute atomic E-state index is 12.1. The van der Waals surface area contributed by atoms with Gasteiger partial charge in [0.2, 0.25) is 5.91 Å². The van der Waals surface area contributed by atoms with E-state index in [1.165, 1.54) is 0 Å². The summed E-state index contributed by atoms with van der Waals surface area (Å²) in [6, 6.07) is 3.86. The van der Waals surface area contributed by atoms with Crippen molar-refractivity contribution in [1.82, 2.24) is 9.88 Å². The van der Waals surface area contributed by atoms with Gasteiger partial charge in [-0.3, -0.25) is 14.7 Å². The van der Waals surface area contributed by atoms with Gasteiger partial charge in [0, 0.05) is 24.8 Å². The number of nitrogens with zero attached hydrogens (tertiary/aromatic N) is 3. The highest BCUT2D eigenvalue weighted by Gasteiger charge is 2.27. The number of hydrogen-bond donors (Lipinski definition) is 1. The first-order valence-corrected chi connectivity index (χ1v) is 6.19. The van der Waals surface area contributed by atoms with Crippen LogP contribution in [0, 0.1) is 6.92 Å². The zero-order chi connectivity index (χ0) is 13.1. The molecule has 2 heterocycles. The van der Waals surface area contributed by atoms with E-state index in [0.717, 1.165) is 17.9 Å². The summed E-state index contributed by atoms with van der Waals surface area (Å²) in [5.74, 6) is 0.0622. The number of anilines is 1. The van der Waals surface area contributed by atoms with Crippen molar-refractivity contribution >= 4 is 11.6 Å². The Balaban J connectivity index is 2.05. The Hall–Kier alpha value is -1.46. The van der Waals surface area contributed by atoms with Gasteiger partial charge in [-0.25, -0.2) is 0 Å². The van der Waals surface area contributed by atoms with E-state index < -0.39 is 0 Å². The Labute approximate surface area is 107 Å². The summed E-state index contributed by atoms with van der Waals surface area (Å²) >= 11 is 0. The third-order valence-corrected chi connectivity index (χ3v) is 3.35. The molecule has 1 aromatic rings. The van der Waals surface area contributed by atoms with E-state index in [4.69, 9.17) is 5.11 Å². The van der Waals surface area contributed by atoms with Crippen molar-refractivity contribution in [3.05, 3.63) is 24.0 Å². The van der Waals surface area contributed by atoms with Crippen molar-refractivity contribution in [2.45, 2.75) is 19.9 Å². The zero-order valence-electron chi connectivity index (χ0n) is 10.8. The molecule has 0 aliphatic carbocycles. The minimum Gasteiger partial charge on any atom is -0.395 e. The molecule has 5 heteroatoms. The van der Waals surface area contributed by atoms with Crippen LogP contribution in [0.4, 0.5) is 5.69 Å². The van der Waals surface area contributed by atoms with E-state index in [0.29, 0.717) is 13.1 Å². The quantitative estimate of drug-likeness (QED) is 0.843. The van der Waals surface area contributed by atoms with E-state index in [1.807, 2.05) is 30.9 Å². The van der Waals surface area contributed by atoms with Gasteiger partial charge in [-0.15, -0.1) is 0 Å². The molecule has 1 N–H and O–H groups in total. The van der Waals surface area contributed by atoms with Crippen molar-refractivity contribution in [2.24, 2.45) is 0 Å². The Bertz CT molecular complexity index is 419. The largest absolute Gasteiger partial charge is 0.395 e. The summed E-state index contributed by atoms with van der Waals surface area (Å²) in [6.45, 7) is 5.72. The highest BCUT2D eigenvalue weighted by Crippen LogP contribution is 2.17. The molecule has 1 amide bonds. The molecule has 1 aliphatic heterocycles. The summed E-state index contributed by atoms with van der Waals surface area (Å²) in [7, 11) is 0. The average Bonchev–Trinajstić information content (AvgIpc) is 2.39. The van der Waals surface area contributed by atoms with Crippen LogP contribution in [0.1, 0.15) is 12.6 Å². The number of rotatable bonds is 3. The normalized spacial score (nSPS) is 19.1. The number of piperazine rings is 1. The lowest BCUT2D eigenvalue weighted by Gasteiger charge is -2.36. The molecular weight excluding hydrogens is 230 g/mol. The van der Waals surface area contributed by atoms with Crippen molar-refractivity contribution in [1.29, 1.82) is 0 Å². The van der Waals surface area contributed by atoms with Crippen molar-refractivity contribution in [2.75, 3.05) is 31.1 Å². The van der Waals surface area contributed by atoms with Crippen LogP contribution in [-0.4, -0.2) is 53.2 Å². The molecule has 0 aromatic carbocycles. The van der Waals surface area contributed by atoms with Gasteiger partial charge in [0.15, 0.2) is 0 Å². The fourth-order valence-corrected chi connectivity index (χ4v) is 2.08. The molecule has 0 radical (unpaired) electrons. The van der Waals surface area contributed by atoms with Gasteiger partial charge in [-0.1, -0.05) is 0 Å². The van der Waals surface area contributed by atoms with E-state index >= 15 is 0 Å². The first-order valence-electron chi connectivity index (χ1n) is 6.19. The molecule has 1 aromatic heterocycles. The molecule has 1 fully saturated rings. The number of aromatic nitrogens is 1. The second-order valence-electron chi connectivity index (χ2n) is 4.71. The monoisotopic (exact) mass is 249 g/mol. The van der Waals surface area contributed by atoms with Crippen molar-refractivity contribution in [3.8, 4) is 0 Å². The number of pyridine rings is 1. The predicted octanol–water partition coefficient (Wildman–Crippen LogP) is 0.419. The van der Waals surface area contributed by atoms with Crippen LogP contribution >= 0.6 is 0 Å². The molecule has 0 bridgehead atoms. The van der Waals surface area contributed by atoms with Crippen LogP contribution < -0.4 is 4.90 Å². The van der Waals surface area contributed by atoms with Gasteiger partial charge >= 0.3 is 0 Å². The van der Waals surface area contributed by atoms with Crippen molar-refractivity contribution < 1.29 is 9.90 Å². The van der Waals surface area contributed by atoms with Gasteiger partial charge in [0.05, 0.1) is 25.0 Å². The zero-order valence-corrected chi connectivity index (χ0v) is 10.8. The van der Waals surface area contributed by atoms with E-state index in [-0.39, 0.29) is 18.6 Å². The topological polar surface area (TPSA) is 56.7 Å². The number of carbonyl (C=O) groups excluding carboxylic acids is 1. The minimum atomic E-state index is 0.0345. The molecule has 1 aliphatic rings. The molecule has 18 heavy (non-hydrogen) atoms. The lowest BCUT2D eigenvalue weighted by molar-refractivity contribution is -0.122. The SMILES string of the molecule is Cc1ccc(N2CCN(C(C)CO)CC2=O)cn1. The van der Waals surface area contributed by atoms with Gasteiger partial charge < -0.3 is 10.0 Å². The highest BCUT2D eigenvalue weighted by molar-refractivity contribution is 5.95. The third kappa shape index (κ3) is 2.68. The Morgan fingerprint density at radius 1 is 1.44 bits per heavy atom. The lowest BCUT2D eigenvalue weighted by Crippen LogP contribution is -2.53. The first-order chi connectivity index (χ1) is 8.61. The first kappa shape index (κ1) is 13.0. The van der Waals surface area contributed by atoms with Crippen LogP contribution in [0.2, 0.25) is 0 Å². The summed E-state index contributed by atoms with van der Waals surface area (Å²) in [5.41, 5.74) is 1.79. The third-order valence-electron chi connectivity index (χ3n) is 3.35. The molecule has 2 rings (SSSR count). The summed E-state index contributed by atoms with van der Waals surface area (Å²) < 4.78 is 0. The van der Waals surface area contributed by atoms with E-state index in [2.05, 4.69) is 4.98 Å². The Morgan fingerprint density at radius 2 is 2.22 bits per heavy atom. The Morgan fingerprint density at radius 3 is 2.78 bits per heavy atom. The number of carbonyl (C=O) groups is 1. The summed E-state index contributed by atoms with van der Waals surface area (Å²) in [4.78, 5) is 20.1. The fraction of sp³-hybridized carbons (Fsp3) is 0.538. The summed E-state index contributed by atoms with van der Waals surface area (Å²) in [5, 5.41) is 9.11. The number of aryl methyl sites for hydroxylation is 1. The number of amides is 1. The second kappa shape index (κ2) is 5.46. The lowest BCUT2D eigenvalue weighted by atomic mass is 10.2. The van der Waals surface area contributed by atoms with Gasteiger partial charge in [0.25, 0.3) is 0 Å². The van der Waals surface area contributed by atoms with Crippen LogP contribution in [0.3, 0.4) is 0 Å². The molecule has 1 saturated heterocycles. The van der Waals surface area contributed by atoms with Gasteiger partial charge in [-0.2, -0.15) is 0 Å². The van der Waals surface area contributed by atoms with Crippen LogP contribution in [0.5, 0.6) is 0 Å². The van der Waals surface area contributed by atoms with Gasteiger partial charge in [-0.05, 0) is 26.0 Å². The highest BCUT2D eigenvalue weighted by atomic mass is 16.3. The van der Waals surface area contributed by atoms with Crippen LogP contribution in [0.15, 0.2) is 18.3 Å².